The van der Waals surface area contributed by atoms with Crippen molar-refractivity contribution in [2.45, 2.75) is 58.7 Å². The number of hydrogen-bond acceptors (Lipinski definition) is 4. The third-order valence-corrected chi connectivity index (χ3v) is 4.99. The summed E-state index contributed by atoms with van der Waals surface area (Å²) in [6, 6.07) is 9.64. The predicted octanol–water partition coefficient (Wildman–Crippen LogP) is 4.24. The molecule has 27 heavy (non-hydrogen) atoms. The average molecular weight is 393 g/mol. The highest BCUT2D eigenvalue weighted by Crippen LogP contribution is 2.24. The number of piperidine rings is 1. The van der Waals surface area contributed by atoms with Crippen LogP contribution in [-0.2, 0) is 6.61 Å². The van der Waals surface area contributed by atoms with Crippen LogP contribution in [0.2, 0.25) is 0 Å². The lowest BCUT2D eigenvalue weighted by atomic mass is 9.96. The molecule has 0 saturated carbocycles. The lowest BCUT2D eigenvalue weighted by Crippen LogP contribution is -2.51. The standard InChI is InChI=1S/C21H28N2O3.ClH/c1-14-7-9-19(15(2)12-14)25-13-17-8-10-20(26-17)21(24)23-11-5-4-6-18(23)16(3)22;/h7-10,12,16,18H,4-6,11,13,22H2,1-3H3;1H. The van der Waals surface area contributed by atoms with Gasteiger partial charge >= 0.3 is 0 Å². The molecule has 2 aromatic rings. The molecule has 1 saturated heterocycles. The van der Waals surface area contributed by atoms with Crippen molar-refractivity contribution in [3.05, 3.63) is 53.0 Å². The zero-order valence-electron chi connectivity index (χ0n) is 16.2. The number of amides is 1. The molecule has 2 N–H and O–H groups in total. The molecule has 1 aromatic carbocycles. The van der Waals surface area contributed by atoms with Crippen molar-refractivity contribution in [3.8, 4) is 5.75 Å². The normalized spacial score (nSPS) is 17.9. The second kappa shape index (κ2) is 9.29. The lowest BCUT2D eigenvalue weighted by molar-refractivity contribution is 0.0548. The van der Waals surface area contributed by atoms with Crippen LogP contribution in [0.3, 0.4) is 0 Å². The number of likely N-dealkylation sites (tertiary alicyclic amines) is 1. The number of carbonyl (C=O) groups excluding carboxylic acids is 1. The molecule has 2 heterocycles. The highest BCUT2D eigenvalue weighted by molar-refractivity contribution is 5.91. The minimum absolute atomic E-state index is 0. The first-order valence-electron chi connectivity index (χ1n) is 9.31. The highest BCUT2D eigenvalue weighted by Gasteiger charge is 2.31. The number of rotatable bonds is 5. The summed E-state index contributed by atoms with van der Waals surface area (Å²) in [5.74, 6) is 1.75. The van der Waals surface area contributed by atoms with Gasteiger partial charge in [0.2, 0.25) is 0 Å². The van der Waals surface area contributed by atoms with E-state index in [1.54, 1.807) is 6.07 Å². The summed E-state index contributed by atoms with van der Waals surface area (Å²) < 4.78 is 11.6. The Hall–Kier alpha value is -1.98. The van der Waals surface area contributed by atoms with Gasteiger partial charge in [-0.15, -0.1) is 12.4 Å². The van der Waals surface area contributed by atoms with Crippen LogP contribution in [0.15, 0.2) is 34.7 Å². The molecule has 1 fully saturated rings. The fraction of sp³-hybridized carbons (Fsp3) is 0.476. The number of halogens is 1. The van der Waals surface area contributed by atoms with Crippen LogP contribution in [0.1, 0.15) is 53.6 Å². The SMILES string of the molecule is Cc1ccc(OCc2ccc(C(=O)N3CCCCC3C(C)N)o2)c(C)c1.Cl. The second-order valence-electron chi connectivity index (χ2n) is 7.24. The molecule has 2 atom stereocenters. The summed E-state index contributed by atoms with van der Waals surface area (Å²) in [5.41, 5.74) is 8.36. The van der Waals surface area contributed by atoms with Gasteiger partial charge < -0.3 is 19.8 Å². The molecular formula is C21H29ClN2O3. The van der Waals surface area contributed by atoms with Crippen molar-refractivity contribution in [2.75, 3.05) is 6.54 Å². The van der Waals surface area contributed by atoms with E-state index in [4.69, 9.17) is 14.9 Å². The van der Waals surface area contributed by atoms with E-state index >= 15 is 0 Å². The first-order valence-corrected chi connectivity index (χ1v) is 9.31. The van der Waals surface area contributed by atoms with Crippen LogP contribution >= 0.6 is 12.4 Å². The summed E-state index contributed by atoms with van der Waals surface area (Å²) in [4.78, 5) is 14.7. The Morgan fingerprint density at radius 3 is 2.78 bits per heavy atom. The van der Waals surface area contributed by atoms with E-state index in [2.05, 4.69) is 13.0 Å². The number of hydrogen-bond donors (Lipinski definition) is 1. The van der Waals surface area contributed by atoms with E-state index in [0.29, 0.717) is 18.1 Å². The lowest BCUT2D eigenvalue weighted by Gasteiger charge is -2.37. The Bertz CT molecular complexity index is 773. The summed E-state index contributed by atoms with van der Waals surface area (Å²) in [6.45, 7) is 7.07. The maximum atomic E-state index is 12.8. The topological polar surface area (TPSA) is 68.7 Å². The number of nitrogens with two attached hydrogens (primary N) is 1. The van der Waals surface area contributed by atoms with Gasteiger partial charge in [0, 0.05) is 18.6 Å². The number of aryl methyl sites for hydroxylation is 2. The van der Waals surface area contributed by atoms with Crippen LogP contribution < -0.4 is 10.5 Å². The monoisotopic (exact) mass is 392 g/mol. The number of ether oxygens (including phenoxy) is 1. The van der Waals surface area contributed by atoms with Gasteiger partial charge in [0.1, 0.15) is 18.1 Å². The molecule has 1 amide bonds. The second-order valence-corrected chi connectivity index (χ2v) is 7.24. The Morgan fingerprint density at radius 2 is 2.07 bits per heavy atom. The van der Waals surface area contributed by atoms with E-state index < -0.39 is 0 Å². The highest BCUT2D eigenvalue weighted by atomic mass is 35.5. The summed E-state index contributed by atoms with van der Waals surface area (Å²) >= 11 is 0. The van der Waals surface area contributed by atoms with Crippen molar-refractivity contribution in [1.29, 1.82) is 0 Å². The van der Waals surface area contributed by atoms with Gasteiger partial charge in [-0.2, -0.15) is 0 Å². The zero-order chi connectivity index (χ0) is 18.7. The van der Waals surface area contributed by atoms with Crippen LogP contribution in [0.5, 0.6) is 5.75 Å². The molecule has 1 aliphatic heterocycles. The number of carbonyl (C=O) groups is 1. The molecule has 1 aromatic heterocycles. The van der Waals surface area contributed by atoms with Crippen molar-refractivity contribution in [2.24, 2.45) is 5.73 Å². The summed E-state index contributed by atoms with van der Waals surface area (Å²) in [6.07, 6.45) is 3.08. The first-order chi connectivity index (χ1) is 12.5. The number of nitrogens with zero attached hydrogens (tertiary/aromatic N) is 1. The van der Waals surface area contributed by atoms with Gasteiger partial charge in [-0.1, -0.05) is 17.7 Å². The van der Waals surface area contributed by atoms with Crippen LogP contribution in [0, 0.1) is 13.8 Å². The summed E-state index contributed by atoms with van der Waals surface area (Å²) in [7, 11) is 0. The molecule has 5 nitrogen and oxygen atoms in total. The smallest absolute Gasteiger partial charge is 0.289 e. The van der Waals surface area contributed by atoms with E-state index in [9.17, 15) is 4.79 Å². The van der Waals surface area contributed by atoms with Gasteiger partial charge in [0.25, 0.3) is 5.91 Å². The maximum absolute atomic E-state index is 12.8. The average Bonchev–Trinajstić information content (AvgIpc) is 3.09. The molecule has 0 bridgehead atoms. The van der Waals surface area contributed by atoms with Crippen molar-refractivity contribution < 1.29 is 13.9 Å². The first kappa shape index (κ1) is 21.3. The van der Waals surface area contributed by atoms with Gasteiger partial charge in [-0.25, -0.2) is 0 Å². The molecule has 0 aliphatic carbocycles. The Morgan fingerprint density at radius 1 is 1.30 bits per heavy atom. The van der Waals surface area contributed by atoms with Gasteiger partial charge in [-0.3, -0.25) is 4.79 Å². The molecule has 1 aliphatic rings. The quantitative estimate of drug-likeness (QED) is 0.826. The van der Waals surface area contributed by atoms with E-state index in [-0.39, 0.29) is 30.4 Å². The predicted molar refractivity (Wildman–Crippen MR) is 109 cm³/mol. The van der Waals surface area contributed by atoms with Crippen molar-refractivity contribution in [3.63, 3.8) is 0 Å². The molecule has 6 heteroatoms. The van der Waals surface area contributed by atoms with Crippen molar-refractivity contribution >= 4 is 18.3 Å². The Kier molecular flexibility index (Phi) is 7.33. The van der Waals surface area contributed by atoms with Gasteiger partial charge in [0.05, 0.1) is 0 Å². The third-order valence-electron chi connectivity index (χ3n) is 4.99. The van der Waals surface area contributed by atoms with Crippen LogP contribution in [0.25, 0.3) is 0 Å². The number of furan rings is 1. The third kappa shape index (κ3) is 5.05. The minimum Gasteiger partial charge on any atom is -0.485 e. The fourth-order valence-corrected chi connectivity index (χ4v) is 3.58. The number of benzene rings is 1. The Labute approximate surface area is 167 Å². The van der Waals surface area contributed by atoms with Crippen LogP contribution in [0.4, 0.5) is 0 Å². The fourth-order valence-electron chi connectivity index (χ4n) is 3.58. The van der Waals surface area contributed by atoms with Gasteiger partial charge in [-0.05, 0) is 63.8 Å². The zero-order valence-corrected chi connectivity index (χ0v) is 17.1. The molecule has 148 valence electrons. The van der Waals surface area contributed by atoms with E-state index in [1.807, 2.05) is 36.9 Å². The van der Waals surface area contributed by atoms with Crippen molar-refractivity contribution in [1.82, 2.24) is 4.90 Å². The van der Waals surface area contributed by atoms with Gasteiger partial charge in [0.15, 0.2) is 5.76 Å². The minimum atomic E-state index is -0.0789. The molecule has 0 radical (unpaired) electrons. The largest absolute Gasteiger partial charge is 0.485 e. The Balaban J connectivity index is 0.00000261. The molecular weight excluding hydrogens is 364 g/mol. The molecule has 2 unspecified atom stereocenters. The molecule has 3 rings (SSSR count). The molecule has 0 spiro atoms. The van der Waals surface area contributed by atoms with E-state index in [1.165, 1.54) is 5.56 Å². The maximum Gasteiger partial charge on any atom is 0.289 e. The summed E-state index contributed by atoms with van der Waals surface area (Å²) in [5, 5.41) is 0. The van der Waals surface area contributed by atoms with Crippen LogP contribution in [-0.4, -0.2) is 29.4 Å². The van der Waals surface area contributed by atoms with E-state index in [0.717, 1.165) is 37.1 Å².